The molecule has 100 valence electrons. The largest absolute Gasteiger partial charge is 0.346 e. The number of carbonyl (C=O) groups is 1. The summed E-state index contributed by atoms with van der Waals surface area (Å²) in [7, 11) is 1.66. The van der Waals surface area contributed by atoms with Gasteiger partial charge in [-0.05, 0) is 18.9 Å². The maximum atomic E-state index is 12.1. The van der Waals surface area contributed by atoms with Gasteiger partial charge >= 0.3 is 0 Å². The highest BCUT2D eigenvalue weighted by molar-refractivity contribution is 9.09. The molecule has 0 aliphatic carbocycles. The lowest BCUT2D eigenvalue weighted by Crippen LogP contribution is -2.49. The van der Waals surface area contributed by atoms with E-state index in [2.05, 4.69) is 21.2 Å². The fourth-order valence-electron chi connectivity index (χ4n) is 1.65. The minimum absolute atomic E-state index is 0.180. The normalized spacial score (nSPS) is 11.3. The zero-order valence-electron chi connectivity index (χ0n) is 11.0. The number of rotatable bonds is 5. The van der Waals surface area contributed by atoms with Gasteiger partial charge in [-0.3, -0.25) is 9.59 Å². The molecule has 1 rings (SSSR count). The molecule has 0 bridgehead atoms. The molecule has 18 heavy (non-hydrogen) atoms. The van der Waals surface area contributed by atoms with Gasteiger partial charge < -0.3 is 9.88 Å². The molecule has 1 aromatic heterocycles. The molecule has 0 saturated heterocycles. The Morgan fingerprint density at radius 3 is 2.50 bits per heavy atom. The topological polar surface area (TPSA) is 51.1 Å². The Bertz CT molecular complexity index is 470. The summed E-state index contributed by atoms with van der Waals surface area (Å²) >= 11 is 3.44. The van der Waals surface area contributed by atoms with Gasteiger partial charge in [-0.15, -0.1) is 0 Å². The first kappa shape index (κ1) is 15.0. The predicted molar refractivity (Wildman–Crippen MR) is 76.3 cm³/mol. The molecule has 0 aliphatic rings. The molecule has 0 unspecified atom stereocenters. The van der Waals surface area contributed by atoms with Crippen LogP contribution in [0.5, 0.6) is 0 Å². The van der Waals surface area contributed by atoms with E-state index in [0.717, 1.165) is 12.8 Å². The smallest absolute Gasteiger partial charge is 0.251 e. The van der Waals surface area contributed by atoms with E-state index >= 15 is 0 Å². The summed E-state index contributed by atoms with van der Waals surface area (Å²) in [5.41, 5.74) is -0.0246. The van der Waals surface area contributed by atoms with Crippen molar-refractivity contribution >= 4 is 21.8 Å². The van der Waals surface area contributed by atoms with Gasteiger partial charge in [0.05, 0.1) is 0 Å². The van der Waals surface area contributed by atoms with Crippen LogP contribution < -0.4 is 10.9 Å². The van der Waals surface area contributed by atoms with Gasteiger partial charge in [0.25, 0.3) is 11.5 Å². The zero-order valence-corrected chi connectivity index (χ0v) is 12.6. The van der Waals surface area contributed by atoms with Gasteiger partial charge in [0.15, 0.2) is 0 Å². The van der Waals surface area contributed by atoms with E-state index < -0.39 is 0 Å². The summed E-state index contributed by atoms with van der Waals surface area (Å²) in [5.74, 6) is -0.198. The second-order valence-corrected chi connectivity index (χ2v) is 5.00. The SMILES string of the molecule is CCC(CC)(CBr)NC(=O)c1ccn(C)c(=O)c1. The lowest BCUT2D eigenvalue weighted by atomic mass is 9.95. The van der Waals surface area contributed by atoms with Gasteiger partial charge in [0.2, 0.25) is 0 Å². The van der Waals surface area contributed by atoms with Crippen LogP contribution >= 0.6 is 15.9 Å². The van der Waals surface area contributed by atoms with Crippen LogP contribution in [0.4, 0.5) is 0 Å². The Morgan fingerprint density at radius 1 is 1.44 bits per heavy atom. The third-order valence-electron chi connectivity index (χ3n) is 3.35. The first-order chi connectivity index (χ1) is 8.48. The van der Waals surface area contributed by atoms with E-state index in [1.54, 1.807) is 19.3 Å². The van der Waals surface area contributed by atoms with Crippen LogP contribution in [0.1, 0.15) is 37.0 Å². The van der Waals surface area contributed by atoms with Crippen LogP contribution in [0, 0.1) is 0 Å². The van der Waals surface area contributed by atoms with E-state index in [1.807, 2.05) is 13.8 Å². The maximum absolute atomic E-state index is 12.1. The first-order valence-corrected chi connectivity index (χ1v) is 7.15. The number of amides is 1. The van der Waals surface area contributed by atoms with Gasteiger partial charge in [-0.2, -0.15) is 0 Å². The second-order valence-electron chi connectivity index (χ2n) is 4.44. The first-order valence-electron chi connectivity index (χ1n) is 6.03. The zero-order chi connectivity index (χ0) is 13.8. The summed E-state index contributed by atoms with van der Waals surface area (Å²) in [6, 6.07) is 3.01. The highest BCUT2D eigenvalue weighted by atomic mass is 79.9. The fourth-order valence-corrected chi connectivity index (χ4v) is 2.59. The number of aromatic nitrogens is 1. The Kier molecular flexibility index (Phi) is 5.14. The summed E-state index contributed by atoms with van der Waals surface area (Å²) in [4.78, 5) is 23.6. The standard InChI is InChI=1S/C13H19BrN2O2/c1-4-13(5-2,9-14)15-12(18)10-6-7-16(3)11(17)8-10/h6-8H,4-5,9H2,1-3H3,(H,15,18). The number of aryl methyl sites for hydroxylation is 1. The van der Waals surface area contributed by atoms with Crippen molar-refractivity contribution in [1.29, 1.82) is 0 Å². The van der Waals surface area contributed by atoms with Crippen molar-refractivity contribution in [3.63, 3.8) is 0 Å². The van der Waals surface area contributed by atoms with Gasteiger partial charge in [-0.1, -0.05) is 29.8 Å². The van der Waals surface area contributed by atoms with Crippen molar-refractivity contribution in [2.24, 2.45) is 7.05 Å². The molecule has 0 aliphatic heterocycles. The number of carbonyl (C=O) groups excluding carboxylic acids is 1. The quantitative estimate of drug-likeness (QED) is 0.846. The van der Waals surface area contributed by atoms with Crippen LogP contribution in [0.15, 0.2) is 23.1 Å². The van der Waals surface area contributed by atoms with Crippen molar-refractivity contribution in [3.8, 4) is 0 Å². The Balaban J connectivity index is 2.94. The van der Waals surface area contributed by atoms with Crippen molar-refractivity contribution in [2.75, 3.05) is 5.33 Å². The van der Waals surface area contributed by atoms with Crippen LogP contribution in [-0.4, -0.2) is 21.3 Å². The van der Waals surface area contributed by atoms with Crippen molar-refractivity contribution in [3.05, 3.63) is 34.2 Å². The summed E-state index contributed by atoms with van der Waals surface area (Å²) in [5, 5.41) is 3.71. The van der Waals surface area contributed by atoms with Gasteiger partial charge in [0, 0.05) is 35.7 Å². The molecular weight excluding hydrogens is 296 g/mol. The van der Waals surface area contributed by atoms with Crippen LogP contribution in [0.25, 0.3) is 0 Å². The van der Waals surface area contributed by atoms with Crippen molar-refractivity contribution in [1.82, 2.24) is 9.88 Å². The molecule has 0 atom stereocenters. The second kappa shape index (κ2) is 6.18. The average molecular weight is 315 g/mol. The van der Waals surface area contributed by atoms with E-state index in [0.29, 0.717) is 10.9 Å². The fraction of sp³-hybridized carbons (Fsp3) is 0.538. The molecule has 0 radical (unpaired) electrons. The third-order valence-corrected chi connectivity index (χ3v) is 4.43. The maximum Gasteiger partial charge on any atom is 0.251 e. The number of hydrogen-bond acceptors (Lipinski definition) is 2. The summed E-state index contributed by atoms with van der Waals surface area (Å²) in [6.07, 6.45) is 3.28. The molecule has 0 fully saturated rings. The number of hydrogen-bond donors (Lipinski definition) is 1. The van der Waals surface area contributed by atoms with E-state index in [4.69, 9.17) is 0 Å². The Morgan fingerprint density at radius 2 is 2.06 bits per heavy atom. The monoisotopic (exact) mass is 314 g/mol. The van der Waals surface area contributed by atoms with Gasteiger partial charge in [0.1, 0.15) is 0 Å². The van der Waals surface area contributed by atoms with E-state index in [-0.39, 0.29) is 17.0 Å². The molecule has 5 heteroatoms. The average Bonchev–Trinajstić information content (AvgIpc) is 2.39. The molecule has 0 saturated carbocycles. The molecular formula is C13H19BrN2O2. The molecule has 1 N–H and O–H groups in total. The predicted octanol–water partition coefficient (Wildman–Crippen LogP) is 2.07. The summed E-state index contributed by atoms with van der Waals surface area (Å²) < 4.78 is 1.44. The van der Waals surface area contributed by atoms with Gasteiger partial charge in [-0.25, -0.2) is 0 Å². The van der Waals surface area contributed by atoms with Crippen molar-refractivity contribution < 1.29 is 4.79 Å². The highest BCUT2D eigenvalue weighted by Crippen LogP contribution is 2.18. The summed E-state index contributed by atoms with van der Waals surface area (Å²) in [6.45, 7) is 4.07. The molecule has 1 heterocycles. The lowest BCUT2D eigenvalue weighted by Gasteiger charge is -2.30. The lowest BCUT2D eigenvalue weighted by molar-refractivity contribution is 0.0903. The minimum atomic E-state index is -0.252. The van der Waals surface area contributed by atoms with Crippen LogP contribution in [0.2, 0.25) is 0 Å². The highest BCUT2D eigenvalue weighted by Gasteiger charge is 2.27. The molecule has 0 spiro atoms. The molecule has 0 aromatic carbocycles. The molecule has 1 amide bonds. The van der Waals surface area contributed by atoms with Crippen LogP contribution in [0.3, 0.4) is 0 Å². The van der Waals surface area contributed by atoms with E-state index in [1.165, 1.54) is 10.6 Å². The Labute approximate surface area is 116 Å². The number of nitrogens with one attached hydrogen (secondary N) is 1. The van der Waals surface area contributed by atoms with Crippen LogP contribution in [-0.2, 0) is 7.05 Å². The number of pyridine rings is 1. The van der Waals surface area contributed by atoms with Crippen molar-refractivity contribution in [2.45, 2.75) is 32.2 Å². The number of nitrogens with zero attached hydrogens (tertiary/aromatic N) is 1. The Hall–Kier alpha value is -1.10. The molecule has 1 aromatic rings. The van der Waals surface area contributed by atoms with E-state index in [9.17, 15) is 9.59 Å². The number of halogens is 1. The minimum Gasteiger partial charge on any atom is -0.346 e. The number of alkyl halides is 1. The third kappa shape index (κ3) is 3.22. The molecule has 4 nitrogen and oxygen atoms in total.